The fourth-order valence-corrected chi connectivity index (χ4v) is 2.38. The molecule has 6 heteroatoms. The zero-order valence-corrected chi connectivity index (χ0v) is 10.5. The van der Waals surface area contributed by atoms with Crippen molar-refractivity contribution in [2.75, 3.05) is 0 Å². The van der Waals surface area contributed by atoms with E-state index in [1.807, 2.05) is 0 Å². The molecule has 0 fully saturated rings. The van der Waals surface area contributed by atoms with Gasteiger partial charge in [-0.2, -0.15) is 8.42 Å². The zero-order valence-electron chi connectivity index (χ0n) is 9.65. The zero-order chi connectivity index (χ0) is 14.0. The van der Waals surface area contributed by atoms with Crippen molar-refractivity contribution in [2.24, 2.45) is 0 Å². The number of carbonyl (C=O) groups excluding carboxylic acids is 1. The maximum Gasteiger partial charge on any atom is 0.295 e. The Morgan fingerprint density at radius 3 is 2.00 bits per heavy atom. The average Bonchev–Trinajstić information content (AvgIpc) is 2.37. The van der Waals surface area contributed by atoms with Crippen LogP contribution in [0, 0.1) is 0 Å². The van der Waals surface area contributed by atoms with E-state index in [1.54, 1.807) is 12.1 Å². The molecule has 0 spiro atoms. The Morgan fingerprint density at radius 1 is 0.895 bits per heavy atom. The van der Waals surface area contributed by atoms with Gasteiger partial charge in [-0.05, 0) is 24.3 Å². The van der Waals surface area contributed by atoms with Gasteiger partial charge < -0.3 is 5.11 Å². The number of phenolic OH excluding ortho intramolecular Hbond substituents is 1. The van der Waals surface area contributed by atoms with Gasteiger partial charge in [-0.25, -0.2) is 0 Å². The van der Waals surface area contributed by atoms with Crippen molar-refractivity contribution in [3.63, 3.8) is 0 Å². The lowest BCUT2D eigenvalue weighted by Gasteiger charge is -2.07. The van der Waals surface area contributed by atoms with E-state index in [-0.39, 0.29) is 16.9 Å². The van der Waals surface area contributed by atoms with E-state index in [4.69, 9.17) is 4.55 Å². The second kappa shape index (κ2) is 4.83. The number of ketones is 1. The molecule has 0 unspecified atom stereocenters. The van der Waals surface area contributed by atoms with Crippen molar-refractivity contribution in [3.8, 4) is 5.75 Å². The Balaban J connectivity index is 2.61. The molecular formula is C13H10O5S. The van der Waals surface area contributed by atoms with Crippen LogP contribution >= 0.6 is 0 Å². The molecule has 0 radical (unpaired) electrons. The van der Waals surface area contributed by atoms with Crippen LogP contribution in [0.15, 0.2) is 53.4 Å². The Kier molecular flexibility index (Phi) is 3.37. The number of aromatic hydroxyl groups is 1. The number of hydrogen-bond donors (Lipinski definition) is 2. The van der Waals surface area contributed by atoms with Crippen LogP contribution < -0.4 is 0 Å². The van der Waals surface area contributed by atoms with Gasteiger partial charge in [-0.3, -0.25) is 9.35 Å². The summed E-state index contributed by atoms with van der Waals surface area (Å²) in [5.74, 6) is -0.927. The first-order valence-corrected chi connectivity index (χ1v) is 6.74. The van der Waals surface area contributed by atoms with E-state index < -0.39 is 20.8 Å². The summed E-state index contributed by atoms with van der Waals surface area (Å²) in [6.45, 7) is 0. The highest BCUT2D eigenvalue weighted by molar-refractivity contribution is 7.86. The van der Waals surface area contributed by atoms with Crippen LogP contribution in [-0.4, -0.2) is 23.9 Å². The highest BCUT2D eigenvalue weighted by Crippen LogP contribution is 2.23. The summed E-state index contributed by atoms with van der Waals surface area (Å²) in [5.41, 5.74) is -0.217. The molecular weight excluding hydrogens is 268 g/mol. The predicted molar refractivity (Wildman–Crippen MR) is 67.8 cm³/mol. The molecule has 2 N–H and O–H groups in total. The lowest BCUT2D eigenvalue weighted by Crippen LogP contribution is -2.09. The fourth-order valence-electron chi connectivity index (χ4n) is 1.69. The smallest absolute Gasteiger partial charge is 0.295 e. The summed E-state index contributed by atoms with van der Waals surface area (Å²) in [6.07, 6.45) is 0. The molecule has 2 aromatic carbocycles. The molecule has 0 bridgehead atoms. The molecule has 0 aliphatic rings. The average molecular weight is 278 g/mol. The Hall–Kier alpha value is -2.18. The maximum atomic E-state index is 12.2. The molecule has 98 valence electrons. The second-order valence-electron chi connectivity index (χ2n) is 3.82. The molecule has 0 aliphatic heterocycles. The van der Waals surface area contributed by atoms with Gasteiger partial charge in [-0.1, -0.05) is 24.3 Å². The molecule has 0 saturated carbocycles. The Bertz CT molecular complexity index is 734. The van der Waals surface area contributed by atoms with Gasteiger partial charge in [0.15, 0.2) is 5.78 Å². The SMILES string of the molecule is O=C(c1ccccc1O)c1ccccc1S(=O)(=O)O. The fraction of sp³-hybridized carbons (Fsp3) is 0. The second-order valence-corrected chi connectivity index (χ2v) is 5.21. The first-order valence-electron chi connectivity index (χ1n) is 5.30. The molecule has 0 aliphatic carbocycles. The predicted octanol–water partition coefficient (Wildman–Crippen LogP) is 1.87. The van der Waals surface area contributed by atoms with Crippen LogP contribution in [0.3, 0.4) is 0 Å². The van der Waals surface area contributed by atoms with Gasteiger partial charge in [0.2, 0.25) is 0 Å². The molecule has 2 rings (SSSR count). The number of phenols is 1. The van der Waals surface area contributed by atoms with Crippen molar-refractivity contribution in [1.29, 1.82) is 0 Å². The summed E-state index contributed by atoms with van der Waals surface area (Å²) in [5, 5.41) is 9.60. The molecule has 19 heavy (non-hydrogen) atoms. The first kappa shape index (κ1) is 13.3. The molecule has 0 amide bonds. The minimum absolute atomic E-state index is 0.0291. The highest BCUT2D eigenvalue weighted by Gasteiger charge is 2.22. The van der Waals surface area contributed by atoms with E-state index in [1.165, 1.54) is 30.3 Å². The molecule has 5 nitrogen and oxygen atoms in total. The minimum Gasteiger partial charge on any atom is -0.507 e. The third kappa shape index (κ3) is 2.64. The van der Waals surface area contributed by atoms with Gasteiger partial charge in [0.1, 0.15) is 10.6 Å². The van der Waals surface area contributed by atoms with Crippen molar-refractivity contribution < 1.29 is 22.9 Å². The van der Waals surface area contributed by atoms with E-state index >= 15 is 0 Å². The molecule has 2 aromatic rings. The van der Waals surface area contributed by atoms with Crippen LogP contribution in [0.2, 0.25) is 0 Å². The molecule has 0 saturated heterocycles. The van der Waals surface area contributed by atoms with Crippen LogP contribution in [0.4, 0.5) is 0 Å². The number of benzene rings is 2. The van der Waals surface area contributed by atoms with Crippen molar-refractivity contribution in [2.45, 2.75) is 4.90 Å². The van der Waals surface area contributed by atoms with Gasteiger partial charge in [0.05, 0.1) is 5.56 Å². The standard InChI is InChI=1S/C13H10O5S/c14-11-7-3-1-5-9(11)13(15)10-6-2-4-8-12(10)19(16,17)18/h1-8,14H,(H,16,17,18). The third-order valence-electron chi connectivity index (χ3n) is 2.56. The van der Waals surface area contributed by atoms with Gasteiger partial charge in [0.25, 0.3) is 10.1 Å². The lowest BCUT2D eigenvalue weighted by atomic mass is 10.0. The monoisotopic (exact) mass is 278 g/mol. The summed E-state index contributed by atoms with van der Waals surface area (Å²) in [6, 6.07) is 11.1. The number of para-hydroxylation sites is 1. The quantitative estimate of drug-likeness (QED) is 0.660. The van der Waals surface area contributed by atoms with Gasteiger partial charge in [0, 0.05) is 5.56 Å². The van der Waals surface area contributed by atoms with Crippen LogP contribution in [0.25, 0.3) is 0 Å². The first-order chi connectivity index (χ1) is 8.91. The number of hydrogen-bond acceptors (Lipinski definition) is 4. The normalized spacial score (nSPS) is 11.2. The van der Waals surface area contributed by atoms with E-state index in [0.29, 0.717) is 0 Å². The van der Waals surface area contributed by atoms with Crippen LogP contribution in [0.1, 0.15) is 15.9 Å². The maximum absolute atomic E-state index is 12.2. The summed E-state index contributed by atoms with van der Waals surface area (Å²) in [7, 11) is -4.50. The summed E-state index contributed by atoms with van der Waals surface area (Å²) >= 11 is 0. The summed E-state index contributed by atoms with van der Waals surface area (Å²) in [4.78, 5) is 11.7. The van der Waals surface area contributed by atoms with Gasteiger partial charge >= 0.3 is 0 Å². The van der Waals surface area contributed by atoms with E-state index in [0.717, 1.165) is 6.07 Å². The lowest BCUT2D eigenvalue weighted by molar-refractivity contribution is 0.103. The highest BCUT2D eigenvalue weighted by atomic mass is 32.2. The van der Waals surface area contributed by atoms with Crippen LogP contribution in [-0.2, 0) is 10.1 Å². The largest absolute Gasteiger partial charge is 0.507 e. The number of rotatable bonds is 3. The van der Waals surface area contributed by atoms with E-state index in [2.05, 4.69) is 0 Å². The Labute approximate surface area is 109 Å². The van der Waals surface area contributed by atoms with E-state index in [9.17, 15) is 18.3 Å². The van der Waals surface area contributed by atoms with Crippen LogP contribution in [0.5, 0.6) is 5.75 Å². The molecule has 0 atom stereocenters. The topological polar surface area (TPSA) is 91.7 Å². The van der Waals surface area contributed by atoms with Crippen molar-refractivity contribution in [1.82, 2.24) is 0 Å². The van der Waals surface area contributed by atoms with Gasteiger partial charge in [-0.15, -0.1) is 0 Å². The Morgan fingerprint density at radius 2 is 1.42 bits per heavy atom. The third-order valence-corrected chi connectivity index (χ3v) is 3.47. The molecule has 0 heterocycles. The minimum atomic E-state index is -4.50. The number of carbonyl (C=O) groups is 1. The van der Waals surface area contributed by atoms with Crippen molar-refractivity contribution >= 4 is 15.9 Å². The molecule has 0 aromatic heterocycles. The summed E-state index contributed by atoms with van der Waals surface area (Å²) < 4.78 is 31.5. The van der Waals surface area contributed by atoms with Crippen molar-refractivity contribution in [3.05, 3.63) is 59.7 Å².